The normalized spacial score (nSPS) is 27.4. The van der Waals surface area contributed by atoms with Crippen molar-refractivity contribution in [1.82, 2.24) is 4.90 Å². The van der Waals surface area contributed by atoms with E-state index in [2.05, 4.69) is 4.90 Å². The molecule has 0 spiro atoms. The summed E-state index contributed by atoms with van der Waals surface area (Å²) in [4.78, 5) is 2.10. The number of nitrogens with two attached hydrogens (primary N) is 1. The van der Waals surface area contributed by atoms with Gasteiger partial charge in [-0.3, -0.25) is 4.90 Å². The van der Waals surface area contributed by atoms with E-state index in [1.165, 1.54) is 6.07 Å². The Morgan fingerprint density at radius 3 is 2.68 bits per heavy atom. The first-order chi connectivity index (χ1) is 8.94. The quantitative estimate of drug-likeness (QED) is 0.877. The molecule has 1 heterocycles. The van der Waals surface area contributed by atoms with Crippen LogP contribution in [0.4, 0.5) is 4.39 Å². The van der Waals surface area contributed by atoms with Crippen LogP contribution < -0.4 is 5.73 Å². The van der Waals surface area contributed by atoms with Crippen molar-refractivity contribution in [3.8, 4) is 0 Å². The van der Waals surface area contributed by atoms with Gasteiger partial charge in [0.1, 0.15) is 5.82 Å². The van der Waals surface area contributed by atoms with Crippen molar-refractivity contribution in [3.63, 3.8) is 0 Å². The van der Waals surface area contributed by atoms with Crippen molar-refractivity contribution < 1.29 is 9.50 Å². The molecule has 0 aromatic heterocycles. The molecule has 3 atom stereocenters. The van der Waals surface area contributed by atoms with E-state index in [-0.39, 0.29) is 17.9 Å². The van der Waals surface area contributed by atoms with Crippen molar-refractivity contribution in [2.75, 3.05) is 13.1 Å². The van der Waals surface area contributed by atoms with Crippen LogP contribution in [0.25, 0.3) is 0 Å². The Morgan fingerprint density at radius 2 is 2.16 bits per heavy atom. The van der Waals surface area contributed by atoms with Crippen LogP contribution in [0.3, 0.4) is 0 Å². The molecule has 106 valence electrons. The van der Waals surface area contributed by atoms with Gasteiger partial charge in [0, 0.05) is 24.7 Å². The Morgan fingerprint density at radius 1 is 1.47 bits per heavy atom. The highest BCUT2D eigenvalue weighted by molar-refractivity contribution is 5.23. The van der Waals surface area contributed by atoms with Gasteiger partial charge in [0.05, 0.1) is 11.6 Å². The molecule has 3 unspecified atom stereocenters. The van der Waals surface area contributed by atoms with Gasteiger partial charge < -0.3 is 10.8 Å². The van der Waals surface area contributed by atoms with Crippen LogP contribution in [-0.2, 0) is 0 Å². The van der Waals surface area contributed by atoms with Gasteiger partial charge in [0.2, 0.25) is 0 Å². The third-order valence-corrected chi connectivity index (χ3v) is 3.98. The third-order valence-electron chi connectivity index (χ3n) is 3.98. The molecule has 1 fully saturated rings. The van der Waals surface area contributed by atoms with E-state index in [4.69, 9.17) is 5.73 Å². The van der Waals surface area contributed by atoms with Crippen LogP contribution in [0.2, 0.25) is 0 Å². The standard InChI is InChI=1S/C15H23FN2O/c1-3-13(17)14(11-6-4-5-7-12(11)16)18-9-8-15(2,19)10-18/h4-7,13-14,19H,3,8-10,17H2,1-2H3. The van der Waals surface area contributed by atoms with Crippen molar-refractivity contribution in [2.45, 2.75) is 44.4 Å². The van der Waals surface area contributed by atoms with Gasteiger partial charge in [-0.05, 0) is 25.8 Å². The third kappa shape index (κ3) is 3.14. The predicted octanol–water partition coefficient (Wildman–Crippen LogP) is 2.06. The molecule has 0 aliphatic carbocycles. The average molecular weight is 266 g/mol. The molecule has 1 aliphatic heterocycles. The van der Waals surface area contributed by atoms with Crippen molar-refractivity contribution in [3.05, 3.63) is 35.6 Å². The van der Waals surface area contributed by atoms with Crippen LogP contribution in [-0.4, -0.2) is 34.7 Å². The lowest BCUT2D eigenvalue weighted by Crippen LogP contribution is -2.42. The number of likely N-dealkylation sites (tertiary alicyclic amines) is 1. The molecular formula is C15H23FN2O. The molecule has 0 saturated carbocycles. The maximum atomic E-state index is 14.0. The number of nitrogens with zero attached hydrogens (tertiary/aromatic N) is 1. The minimum absolute atomic E-state index is 0.134. The van der Waals surface area contributed by atoms with Crippen molar-refractivity contribution in [1.29, 1.82) is 0 Å². The average Bonchev–Trinajstić information content (AvgIpc) is 2.72. The Balaban J connectivity index is 2.30. The summed E-state index contributed by atoms with van der Waals surface area (Å²) in [5.74, 6) is -0.219. The molecule has 1 aliphatic rings. The Hall–Kier alpha value is -0.970. The molecule has 1 saturated heterocycles. The summed E-state index contributed by atoms with van der Waals surface area (Å²) in [7, 11) is 0. The Bertz CT molecular complexity index is 436. The predicted molar refractivity (Wildman–Crippen MR) is 74.2 cm³/mol. The molecule has 4 heteroatoms. The van der Waals surface area contributed by atoms with E-state index in [1.54, 1.807) is 12.1 Å². The van der Waals surface area contributed by atoms with E-state index in [0.29, 0.717) is 18.5 Å². The zero-order valence-corrected chi connectivity index (χ0v) is 11.6. The Kier molecular flexibility index (Phi) is 4.23. The number of β-amino-alcohol motifs (C(OH)–C–C–N with tert-alkyl or cyclic N) is 1. The highest BCUT2D eigenvalue weighted by Crippen LogP contribution is 2.33. The van der Waals surface area contributed by atoms with Gasteiger partial charge in [-0.1, -0.05) is 25.1 Å². The molecule has 0 bridgehead atoms. The first-order valence-electron chi connectivity index (χ1n) is 6.91. The SMILES string of the molecule is CCC(N)C(c1ccccc1F)N1CCC(C)(O)C1. The molecule has 2 rings (SSSR count). The van der Waals surface area contributed by atoms with Crippen LogP contribution in [0.5, 0.6) is 0 Å². The highest BCUT2D eigenvalue weighted by atomic mass is 19.1. The van der Waals surface area contributed by atoms with E-state index < -0.39 is 5.60 Å². The summed E-state index contributed by atoms with van der Waals surface area (Å²) in [6.45, 7) is 5.12. The molecule has 3 N–H and O–H groups in total. The lowest BCUT2D eigenvalue weighted by Gasteiger charge is -2.33. The molecule has 1 aromatic carbocycles. The summed E-state index contributed by atoms with van der Waals surface area (Å²) in [5, 5.41) is 10.1. The fourth-order valence-electron chi connectivity index (χ4n) is 2.85. The first-order valence-corrected chi connectivity index (χ1v) is 6.91. The number of halogens is 1. The zero-order valence-electron chi connectivity index (χ0n) is 11.6. The Labute approximate surface area is 114 Å². The maximum absolute atomic E-state index is 14.0. The summed E-state index contributed by atoms with van der Waals surface area (Å²) in [6, 6.07) is 6.49. The van der Waals surface area contributed by atoms with E-state index in [1.807, 2.05) is 19.9 Å². The summed E-state index contributed by atoms with van der Waals surface area (Å²) in [5.41, 5.74) is 6.13. The molecule has 1 aromatic rings. The summed E-state index contributed by atoms with van der Waals surface area (Å²) in [6.07, 6.45) is 1.48. The number of aliphatic hydroxyl groups is 1. The van der Waals surface area contributed by atoms with Crippen LogP contribution in [0.15, 0.2) is 24.3 Å². The maximum Gasteiger partial charge on any atom is 0.128 e. The number of benzene rings is 1. The molecule has 19 heavy (non-hydrogen) atoms. The molecule has 3 nitrogen and oxygen atoms in total. The van der Waals surface area contributed by atoms with Crippen molar-refractivity contribution >= 4 is 0 Å². The second-order valence-electron chi connectivity index (χ2n) is 5.76. The lowest BCUT2D eigenvalue weighted by molar-refractivity contribution is 0.0589. The first kappa shape index (κ1) is 14.4. The summed E-state index contributed by atoms with van der Waals surface area (Å²) >= 11 is 0. The second kappa shape index (κ2) is 5.57. The number of rotatable bonds is 4. The van der Waals surface area contributed by atoms with Gasteiger partial charge in [-0.25, -0.2) is 4.39 Å². The number of hydrogen-bond donors (Lipinski definition) is 2. The molecular weight excluding hydrogens is 243 g/mol. The summed E-state index contributed by atoms with van der Waals surface area (Å²) < 4.78 is 14.0. The topological polar surface area (TPSA) is 49.5 Å². The fraction of sp³-hybridized carbons (Fsp3) is 0.600. The fourth-order valence-corrected chi connectivity index (χ4v) is 2.85. The van der Waals surface area contributed by atoms with Crippen LogP contribution >= 0.6 is 0 Å². The van der Waals surface area contributed by atoms with E-state index >= 15 is 0 Å². The smallest absolute Gasteiger partial charge is 0.128 e. The van der Waals surface area contributed by atoms with Gasteiger partial charge in [0.25, 0.3) is 0 Å². The monoisotopic (exact) mass is 266 g/mol. The molecule has 0 amide bonds. The minimum Gasteiger partial charge on any atom is -0.389 e. The highest BCUT2D eigenvalue weighted by Gasteiger charge is 2.38. The van der Waals surface area contributed by atoms with Gasteiger partial charge in [-0.15, -0.1) is 0 Å². The molecule has 0 radical (unpaired) electrons. The van der Waals surface area contributed by atoms with Gasteiger partial charge in [0.15, 0.2) is 0 Å². The van der Waals surface area contributed by atoms with Gasteiger partial charge in [-0.2, -0.15) is 0 Å². The lowest BCUT2D eigenvalue weighted by atomic mass is 9.96. The van der Waals surface area contributed by atoms with Crippen LogP contribution in [0.1, 0.15) is 38.3 Å². The van der Waals surface area contributed by atoms with E-state index in [0.717, 1.165) is 13.0 Å². The zero-order chi connectivity index (χ0) is 14.0. The largest absolute Gasteiger partial charge is 0.389 e. The number of hydrogen-bond acceptors (Lipinski definition) is 3. The minimum atomic E-state index is -0.697. The van der Waals surface area contributed by atoms with Gasteiger partial charge >= 0.3 is 0 Å². The second-order valence-corrected chi connectivity index (χ2v) is 5.76. The van der Waals surface area contributed by atoms with Crippen LogP contribution in [0, 0.1) is 5.82 Å². The van der Waals surface area contributed by atoms with E-state index in [9.17, 15) is 9.50 Å². The van der Waals surface area contributed by atoms with Crippen molar-refractivity contribution in [2.24, 2.45) is 5.73 Å².